The molecular weight excluding hydrogens is 446 g/mol. The summed E-state index contributed by atoms with van der Waals surface area (Å²) in [7, 11) is 0. The number of nitrogens with zero attached hydrogens (tertiary/aromatic N) is 2. The van der Waals surface area contributed by atoms with Crippen LogP contribution in [0, 0.1) is 11.6 Å². The van der Waals surface area contributed by atoms with Crippen LogP contribution in [0.25, 0.3) is 22.0 Å². The van der Waals surface area contributed by atoms with E-state index in [9.17, 15) is 13.6 Å². The molecule has 0 aliphatic rings. The number of carbonyl (C=O) groups excluding carboxylic acids is 1. The third kappa shape index (κ3) is 4.71. The van der Waals surface area contributed by atoms with E-state index in [0.29, 0.717) is 35.6 Å². The van der Waals surface area contributed by atoms with Crippen LogP contribution in [-0.2, 0) is 6.54 Å². The van der Waals surface area contributed by atoms with E-state index in [1.807, 2.05) is 61.0 Å². The molecule has 0 saturated carbocycles. The first-order valence-corrected chi connectivity index (χ1v) is 11.1. The van der Waals surface area contributed by atoms with Crippen molar-refractivity contribution in [1.82, 2.24) is 9.47 Å². The summed E-state index contributed by atoms with van der Waals surface area (Å²) in [5, 5.41) is 1.36. The van der Waals surface area contributed by atoms with Gasteiger partial charge in [-0.2, -0.15) is 0 Å². The number of benzene rings is 3. The number of ether oxygens (including phenoxy) is 1. The van der Waals surface area contributed by atoms with E-state index in [1.54, 1.807) is 6.07 Å². The molecule has 0 spiro atoms. The van der Waals surface area contributed by atoms with Crippen molar-refractivity contribution in [3.05, 3.63) is 89.1 Å². The van der Waals surface area contributed by atoms with Crippen LogP contribution in [0.4, 0.5) is 13.6 Å². The number of hydrogen-bond donors (Lipinski definition) is 0. The fourth-order valence-electron chi connectivity index (χ4n) is 3.92. The maximum Gasteiger partial charge on any atom is 0.415 e. The van der Waals surface area contributed by atoms with Gasteiger partial charge in [-0.1, -0.05) is 29.8 Å². The molecule has 0 aliphatic heterocycles. The Hall–Kier alpha value is -3.38. The highest BCUT2D eigenvalue weighted by Gasteiger charge is 2.20. The van der Waals surface area contributed by atoms with Gasteiger partial charge in [-0.05, 0) is 61.4 Å². The van der Waals surface area contributed by atoms with Gasteiger partial charge in [0.1, 0.15) is 17.4 Å². The number of fused-ring (bicyclic) bond motifs is 1. The van der Waals surface area contributed by atoms with Gasteiger partial charge in [-0.15, -0.1) is 0 Å². The van der Waals surface area contributed by atoms with Gasteiger partial charge in [0.2, 0.25) is 0 Å². The van der Waals surface area contributed by atoms with Crippen LogP contribution in [0.5, 0.6) is 5.75 Å². The summed E-state index contributed by atoms with van der Waals surface area (Å²) >= 11 is 6.34. The van der Waals surface area contributed by atoms with Gasteiger partial charge in [-0.25, -0.2) is 13.6 Å². The molecule has 170 valence electrons. The molecular formula is C26H23ClF2N2O2. The normalized spacial score (nSPS) is 11.1. The second-order valence-corrected chi connectivity index (χ2v) is 8.01. The van der Waals surface area contributed by atoms with Crippen molar-refractivity contribution in [2.45, 2.75) is 20.4 Å². The van der Waals surface area contributed by atoms with E-state index < -0.39 is 17.7 Å². The first kappa shape index (κ1) is 22.8. The summed E-state index contributed by atoms with van der Waals surface area (Å²) in [5.41, 5.74) is 2.49. The molecule has 4 nitrogen and oxygen atoms in total. The molecule has 0 saturated heterocycles. The summed E-state index contributed by atoms with van der Waals surface area (Å²) in [4.78, 5) is 14.2. The SMILES string of the molecule is CCN(CC)C(=O)Oc1ccc2c(ccn2Cc2ccccc2Cl)c1-c1cc(F)cc(F)c1. The maximum absolute atomic E-state index is 14.1. The number of hydrogen-bond acceptors (Lipinski definition) is 2. The summed E-state index contributed by atoms with van der Waals surface area (Å²) in [5.74, 6) is -1.18. The third-order valence-corrected chi connectivity index (χ3v) is 5.95. The van der Waals surface area contributed by atoms with Crippen molar-refractivity contribution in [3.63, 3.8) is 0 Å². The summed E-state index contributed by atoms with van der Waals surface area (Å²) in [6.07, 6.45) is 1.36. The smallest absolute Gasteiger partial charge is 0.410 e. The van der Waals surface area contributed by atoms with Crippen LogP contribution in [0.15, 0.2) is 66.9 Å². The molecule has 0 aliphatic carbocycles. The molecule has 0 fully saturated rings. The van der Waals surface area contributed by atoms with Crippen LogP contribution in [0.3, 0.4) is 0 Å². The number of amides is 1. The maximum atomic E-state index is 14.1. The van der Waals surface area contributed by atoms with Crippen molar-refractivity contribution in [3.8, 4) is 16.9 Å². The molecule has 1 heterocycles. The van der Waals surface area contributed by atoms with Gasteiger partial charge < -0.3 is 14.2 Å². The Morgan fingerprint density at radius 3 is 2.36 bits per heavy atom. The Balaban J connectivity index is 1.86. The Bertz CT molecular complexity index is 1290. The number of rotatable bonds is 6. The minimum absolute atomic E-state index is 0.236. The Kier molecular flexibility index (Phi) is 6.65. The molecule has 4 rings (SSSR count). The first-order chi connectivity index (χ1) is 15.9. The second kappa shape index (κ2) is 9.63. The lowest BCUT2D eigenvalue weighted by atomic mass is 10.00. The van der Waals surface area contributed by atoms with Gasteiger partial charge >= 0.3 is 6.09 Å². The molecule has 0 radical (unpaired) electrons. The highest BCUT2D eigenvalue weighted by atomic mass is 35.5. The summed E-state index contributed by atoms with van der Waals surface area (Å²) < 4.78 is 35.9. The average molecular weight is 469 g/mol. The van der Waals surface area contributed by atoms with Crippen LogP contribution in [-0.4, -0.2) is 28.6 Å². The van der Waals surface area contributed by atoms with E-state index in [2.05, 4.69) is 0 Å². The predicted molar refractivity (Wildman–Crippen MR) is 127 cm³/mol. The summed E-state index contributed by atoms with van der Waals surface area (Å²) in [6.45, 7) is 5.18. The van der Waals surface area contributed by atoms with Gasteiger partial charge in [0.25, 0.3) is 0 Å². The lowest BCUT2D eigenvalue weighted by Crippen LogP contribution is -2.33. The molecule has 0 atom stereocenters. The Morgan fingerprint density at radius 2 is 1.70 bits per heavy atom. The molecule has 3 aromatic carbocycles. The quantitative estimate of drug-likeness (QED) is 0.301. The highest BCUT2D eigenvalue weighted by Crippen LogP contribution is 2.39. The lowest BCUT2D eigenvalue weighted by molar-refractivity contribution is 0.157. The van der Waals surface area contributed by atoms with Crippen molar-refractivity contribution < 1.29 is 18.3 Å². The topological polar surface area (TPSA) is 34.5 Å². The van der Waals surface area contributed by atoms with E-state index in [1.165, 1.54) is 17.0 Å². The van der Waals surface area contributed by atoms with Gasteiger partial charge in [0.15, 0.2) is 0 Å². The Morgan fingerprint density at radius 1 is 1.00 bits per heavy atom. The molecule has 1 amide bonds. The van der Waals surface area contributed by atoms with Crippen LogP contribution >= 0.6 is 11.6 Å². The zero-order chi connectivity index (χ0) is 23.5. The largest absolute Gasteiger partial charge is 0.415 e. The first-order valence-electron chi connectivity index (χ1n) is 10.7. The number of aromatic nitrogens is 1. The molecule has 1 aromatic heterocycles. The zero-order valence-electron chi connectivity index (χ0n) is 18.3. The van der Waals surface area contributed by atoms with E-state index in [0.717, 1.165) is 17.1 Å². The van der Waals surface area contributed by atoms with Crippen molar-refractivity contribution in [2.24, 2.45) is 0 Å². The van der Waals surface area contributed by atoms with Crippen LogP contribution < -0.4 is 4.74 Å². The molecule has 7 heteroatoms. The molecule has 0 unspecified atom stereocenters. The standard InChI is InChI=1S/C26H23ClF2N2O2/c1-3-30(4-2)26(32)33-24-10-9-23-21(25(24)18-13-19(28)15-20(29)14-18)11-12-31(23)16-17-7-5-6-8-22(17)27/h5-15H,3-4,16H2,1-2H3. The van der Waals surface area contributed by atoms with Gasteiger partial charge in [0, 0.05) is 53.4 Å². The van der Waals surface area contributed by atoms with Crippen molar-refractivity contribution in [1.29, 1.82) is 0 Å². The molecule has 4 aromatic rings. The van der Waals surface area contributed by atoms with E-state index in [-0.39, 0.29) is 11.3 Å². The third-order valence-electron chi connectivity index (χ3n) is 5.58. The van der Waals surface area contributed by atoms with Gasteiger partial charge in [-0.3, -0.25) is 0 Å². The number of carbonyl (C=O) groups is 1. The van der Waals surface area contributed by atoms with E-state index in [4.69, 9.17) is 16.3 Å². The molecule has 0 bridgehead atoms. The molecule has 0 N–H and O–H groups in total. The Labute approximate surface area is 196 Å². The second-order valence-electron chi connectivity index (χ2n) is 7.60. The monoisotopic (exact) mass is 468 g/mol. The minimum atomic E-state index is -0.710. The van der Waals surface area contributed by atoms with Crippen molar-refractivity contribution in [2.75, 3.05) is 13.1 Å². The molecule has 33 heavy (non-hydrogen) atoms. The minimum Gasteiger partial charge on any atom is -0.410 e. The number of halogens is 3. The van der Waals surface area contributed by atoms with Gasteiger partial charge in [0.05, 0.1) is 0 Å². The predicted octanol–water partition coefficient (Wildman–Crippen LogP) is 7.13. The van der Waals surface area contributed by atoms with Crippen LogP contribution in [0.1, 0.15) is 19.4 Å². The van der Waals surface area contributed by atoms with Crippen molar-refractivity contribution >= 4 is 28.6 Å². The average Bonchev–Trinajstić information content (AvgIpc) is 3.18. The fourth-order valence-corrected chi connectivity index (χ4v) is 4.12. The van der Waals surface area contributed by atoms with E-state index >= 15 is 0 Å². The highest BCUT2D eigenvalue weighted by molar-refractivity contribution is 6.31. The lowest BCUT2D eigenvalue weighted by Gasteiger charge is -2.20. The summed E-state index contributed by atoms with van der Waals surface area (Å²) in [6, 6.07) is 16.2. The van der Waals surface area contributed by atoms with Crippen LogP contribution in [0.2, 0.25) is 5.02 Å². The zero-order valence-corrected chi connectivity index (χ0v) is 19.1. The fraction of sp³-hybridized carbons (Fsp3) is 0.192.